The number of hydrogen-bond donors (Lipinski definition) is 0. The Bertz CT molecular complexity index is 1020. The normalized spacial score (nSPS) is 14.8. The van der Waals surface area contributed by atoms with Crippen LogP contribution in [0.5, 0.6) is 0 Å². The first-order valence-electron chi connectivity index (χ1n) is 9.20. The van der Waals surface area contributed by atoms with Crippen molar-refractivity contribution in [1.29, 1.82) is 0 Å². The van der Waals surface area contributed by atoms with E-state index in [2.05, 4.69) is 11.1 Å². The predicted octanol–water partition coefficient (Wildman–Crippen LogP) is 3.83. The molecule has 28 heavy (non-hydrogen) atoms. The summed E-state index contributed by atoms with van der Waals surface area (Å²) in [5.41, 5.74) is 3.32. The highest BCUT2D eigenvalue weighted by Gasteiger charge is 2.26. The van der Waals surface area contributed by atoms with Gasteiger partial charge in [-0.1, -0.05) is 36.4 Å². The third kappa shape index (κ3) is 3.97. The van der Waals surface area contributed by atoms with Gasteiger partial charge in [-0.25, -0.2) is 9.78 Å². The average Bonchev–Trinajstić information content (AvgIpc) is 3.14. The van der Waals surface area contributed by atoms with Crippen molar-refractivity contribution < 1.29 is 14.3 Å². The zero-order chi connectivity index (χ0) is 19.5. The van der Waals surface area contributed by atoms with E-state index in [9.17, 15) is 9.59 Å². The number of esters is 1. The maximum Gasteiger partial charge on any atom is 0.331 e. The van der Waals surface area contributed by atoms with Crippen molar-refractivity contribution in [3.63, 3.8) is 0 Å². The molecule has 4 rings (SSSR count). The summed E-state index contributed by atoms with van der Waals surface area (Å²) in [5, 5.41) is 0.727. The highest BCUT2D eigenvalue weighted by atomic mass is 32.1. The van der Waals surface area contributed by atoms with E-state index in [4.69, 9.17) is 4.74 Å². The molecule has 0 saturated carbocycles. The minimum absolute atomic E-state index is 0.170. The highest BCUT2D eigenvalue weighted by Crippen LogP contribution is 2.22. The van der Waals surface area contributed by atoms with Crippen LogP contribution in [0.4, 0.5) is 0 Å². The summed E-state index contributed by atoms with van der Waals surface area (Å²) in [5.74, 6) is -0.714. The Morgan fingerprint density at radius 3 is 2.71 bits per heavy atom. The summed E-state index contributed by atoms with van der Waals surface area (Å²) in [6, 6.07) is 15.9. The second-order valence-electron chi connectivity index (χ2n) is 6.71. The Kier molecular flexibility index (Phi) is 5.21. The smallest absolute Gasteiger partial charge is 0.331 e. The number of carbonyl (C=O) groups excluding carboxylic acids is 2. The number of nitrogens with zero attached hydrogens (tertiary/aromatic N) is 2. The van der Waals surface area contributed by atoms with Crippen molar-refractivity contribution in [3.8, 4) is 0 Å². The fourth-order valence-corrected chi connectivity index (χ4v) is 4.18. The Morgan fingerprint density at radius 2 is 1.89 bits per heavy atom. The molecular weight excluding hydrogens is 372 g/mol. The number of para-hydroxylation sites is 1. The van der Waals surface area contributed by atoms with Gasteiger partial charge in [0.05, 0.1) is 10.2 Å². The number of rotatable bonds is 4. The molecule has 1 aliphatic rings. The summed E-state index contributed by atoms with van der Waals surface area (Å²) in [4.78, 5) is 31.0. The number of carbonyl (C=O) groups is 2. The van der Waals surface area contributed by atoms with E-state index in [1.165, 1.54) is 23.0 Å². The molecule has 1 atom stereocenters. The molecule has 2 heterocycles. The summed E-state index contributed by atoms with van der Waals surface area (Å²) in [7, 11) is 0. The first-order chi connectivity index (χ1) is 13.6. The lowest BCUT2D eigenvalue weighted by molar-refractivity contribution is -0.155. The molecule has 0 bridgehead atoms. The fourth-order valence-electron chi connectivity index (χ4n) is 3.31. The standard InChI is InChI=1S/C22H20N2O3S/c1-15(22(26)24-13-12-16-6-2-3-7-17(16)14-24)27-21(25)11-10-20-23-18-8-4-5-9-19(18)28-20/h2-11,15H,12-14H2,1H3/b11-10+/t15-/m1/s1. The quantitative estimate of drug-likeness (QED) is 0.500. The number of benzene rings is 2. The second-order valence-corrected chi connectivity index (χ2v) is 7.77. The Morgan fingerprint density at radius 1 is 1.14 bits per heavy atom. The van der Waals surface area contributed by atoms with Crippen molar-refractivity contribution >= 4 is 39.5 Å². The van der Waals surface area contributed by atoms with Crippen LogP contribution in [0.25, 0.3) is 16.3 Å². The van der Waals surface area contributed by atoms with E-state index in [-0.39, 0.29) is 5.91 Å². The molecular formula is C22H20N2O3S. The first kappa shape index (κ1) is 18.4. The monoisotopic (exact) mass is 392 g/mol. The lowest BCUT2D eigenvalue weighted by Gasteiger charge is -2.30. The predicted molar refractivity (Wildman–Crippen MR) is 110 cm³/mol. The van der Waals surface area contributed by atoms with E-state index in [0.717, 1.165) is 27.2 Å². The van der Waals surface area contributed by atoms with E-state index >= 15 is 0 Å². The molecule has 0 saturated heterocycles. The average molecular weight is 392 g/mol. The van der Waals surface area contributed by atoms with Gasteiger partial charge in [0.15, 0.2) is 6.10 Å². The van der Waals surface area contributed by atoms with Gasteiger partial charge in [0.25, 0.3) is 5.91 Å². The zero-order valence-corrected chi connectivity index (χ0v) is 16.3. The summed E-state index contributed by atoms with van der Waals surface area (Å²) >= 11 is 1.50. The molecule has 1 aliphatic heterocycles. The van der Waals surface area contributed by atoms with Crippen LogP contribution >= 0.6 is 11.3 Å². The van der Waals surface area contributed by atoms with E-state index in [0.29, 0.717) is 13.1 Å². The second kappa shape index (κ2) is 7.94. The molecule has 0 aliphatic carbocycles. The van der Waals surface area contributed by atoms with Gasteiger partial charge in [-0.3, -0.25) is 4.79 Å². The molecule has 1 amide bonds. The molecule has 2 aromatic carbocycles. The Balaban J connectivity index is 1.35. The minimum atomic E-state index is -0.822. The lowest BCUT2D eigenvalue weighted by atomic mass is 9.99. The summed E-state index contributed by atoms with van der Waals surface area (Å²) in [6.07, 6.45) is 2.95. The molecule has 0 spiro atoms. The summed E-state index contributed by atoms with van der Waals surface area (Å²) < 4.78 is 6.37. The number of ether oxygens (including phenoxy) is 1. The molecule has 1 aromatic heterocycles. The van der Waals surface area contributed by atoms with Crippen LogP contribution in [0.1, 0.15) is 23.1 Å². The maximum atomic E-state index is 12.6. The van der Waals surface area contributed by atoms with Crippen LogP contribution in [-0.2, 0) is 27.3 Å². The van der Waals surface area contributed by atoms with Gasteiger partial charge in [0.1, 0.15) is 5.01 Å². The molecule has 3 aromatic rings. The van der Waals surface area contributed by atoms with Crippen LogP contribution in [0, 0.1) is 0 Å². The minimum Gasteiger partial charge on any atom is -0.449 e. The number of fused-ring (bicyclic) bond motifs is 2. The van der Waals surface area contributed by atoms with Crippen LogP contribution in [-0.4, -0.2) is 34.4 Å². The third-order valence-corrected chi connectivity index (χ3v) is 5.76. The zero-order valence-electron chi connectivity index (χ0n) is 15.5. The maximum absolute atomic E-state index is 12.6. The number of aromatic nitrogens is 1. The van der Waals surface area contributed by atoms with Crippen molar-refractivity contribution in [2.45, 2.75) is 26.0 Å². The molecule has 0 radical (unpaired) electrons. The third-order valence-electron chi connectivity index (χ3n) is 4.76. The van der Waals surface area contributed by atoms with Gasteiger partial charge in [-0.05, 0) is 42.7 Å². The molecule has 0 unspecified atom stereocenters. The number of thiazole rings is 1. The molecule has 0 fully saturated rings. The van der Waals surface area contributed by atoms with Gasteiger partial charge in [0, 0.05) is 19.2 Å². The fraction of sp³-hybridized carbons (Fsp3) is 0.227. The van der Waals surface area contributed by atoms with E-state index in [1.54, 1.807) is 17.9 Å². The van der Waals surface area contributed by atoms with Gasteiger partial charge in [0.2, 0.25) is 0 Å². The van der Waals surface area contributed by atoms with Crippen molar-refractivity contribution in [3.05, 3.63) is 70.7 Å². The molecule has 0 N–H and O–H groups in total. The highest BCUT2D eigenvalue weighted by molar-refractivity contribution is 7.19. The Hall–Kier alpha value is -2.99. The van der Waals surface area contributed by atoms with Crippen molar-refractivity contribution in [1.82, 2.24) is 9.88 Å². The Labute approximate surface area is 167 Å². The van der Waals surface area contributed by atoms with Crippen molar-refractivity contribution in [2.75, 3.05) is 6.54 Å². The van der Waals surface area contributed by atoms with Crippen LogP contribution in [0.15, 0.2) is 54.6 Å². The SMILES string of the molecule is C[C@@H](OC(=O)/C=C/c1nc2ccccc2s1)C(=O)N1CCc2ccccc2C1. The van der Waals surface area contributed by atoms with Crippen LogP contribution in [0.2, 0.25) is 0 Å². The number of amides is 1. The van der Waals surface area contributed by atoms with Crippen LogP contribution < -0.4 is 0 Å². The van der Waals surface area contributed by atoms with Crippen LogP contribution in [0.3, 0.4) is 0 Å². The number of hydrogen-bond acceptors (Lipinski definition) is 5. The van der Waals surface area contributed by atoms with Gasteiger partial charge >= 0.3 is 5.97 Å². The van der Waals surface area contributed by atoms with E-state index < -0.39 is 12.1 Å². The molecule has 6 heteroatoms. The topological polar surface area (TPSA) is 59.5 Å². The lowest BCUT2D eigenvalue weighted by Crippen LogP contribution is -2.42. The largest absolute Gasteiger partial charge is 0.449 e. The van der Waals surface area contributed by atoms with Gasteiger partial charge in [-0.2, -0.15) is 0 Å². The first-order valence-corrected chi connectivity index (χ1v) is 10.0. The molecule has 142 valence electrons. The summed E-state index contributed by atoms with van der Waals surface area (Å²) in [6.45, 7) is 2.81. The molecule has 5 nitrogen and oxygen atoms in total. The van der Waals surface area contributed by atoms with Gasteiger partial charge < -0.3 is 9.64 Å². The van der Waals surface area contributed by atoms with Gasteiger partial charge in [-0.15, -0.1) is 11.3 Å². The van der Waals surface area contributed by atoms with Crippen molar-refractivity contribution in [2.24, 2.45) is 0 Å². The van der Waals surface area contributed by atoms with E-state index in [1.807, 2.05) is 42.5 Å².